The number of aliphatic hydroxyl groups is 4. The number of aromatic nitrogens is 1. The van der Waals surface area contributed by atoms with Gasteiger partial charge in [0, 0.05) is 11.1 Å². The van der Waals surface area contributed by atoms with Crippen LogP contribution in [0.3, 0.4) is 0 Å². The highest BCUT2D eigenvalue weighted by molar-refractivity contribution is 7.99. The van der Waals surface area contributed by atoms with Crippen molar-refractivity contribution in [3.05, 3.63) is 72.3 Å². The molecule has 3 aromatic rings. The number of benzene rings is 2. The predicted octanol–water partition coefficient (Wildman–Crippen LogP) is 2.18. The van der Waals surface area contributed by atoms with Crippen molar-refractivity contribution in [1.82, 2.24) is 4.98 Å². The van der Waals surface area contributed by atoms with Gasteiger partial charge in [0.25, 0.3) is 0 Å². The van der Waals surface area contributed by atoms with Gasteiger partial charge in [-0.3, -0.25) is 0 Å². The fourth-order valence-electron chi connectivity index (χ4n) is 3.59. The molecule has 4 rings (SSSR count). The first-order valence-corrected chi connectivity index (χ1v) is 10.9. The molecular weight excluding hydrogens is 428 g/mol. The molecule has 1 fully saturated rings. The molecule has 1 aliphatic rings. The van der Waals surface area contributed by atoms with Gasteiger partial charge >= 0.3 is 0 Å². The van der Waals surface area contributed by atoms with Crippen molar-refractivity contribution < 1.29 is 25.2 Å². The number of thioether (sulfide) groups is 1. The minimum Gasteiger partial charge on any atom is -0.394 e. The first kappa shape index (κ1) is 22.4. The largest absolute Gasteiger partial charge is 0.394 e. The van der Waals surface area contributed by atoms with Gasteiger partial charge in [0.15, 0.2) is 0 Å². The third-order valence-electron chi connectivity index (χ3n) is 5.33. The van der Waals surface area contributed by atoms with Crippen LogP contribution in [0.5, 0.6) is 0 Å². The van der Waals surface area contributed by atoms with Gasteiger partial charge in [-0.15, -0.1) is 0 Å². The van der Waals surface area contributed by atoms with Gasteiger partial charge in [0.2, 0.25) is 0 Å². The summed E-state index contributed by atoms with van der Waals surface area (Å²) in [5.74, 6) is 0. The van der Waals surface area contributed by atoms with Crippen molar-refractivity contribution in [2.24, 2.45) is 0 Å². The van der Waals surface area contributed by atoms with Crippen LogP contribution in [0.4, 0.5) is 0 Å². The standard InChI is InChI=1S/C24H22N2O5S/c25-12-17-16(14-7-3-1-4-8-14)11-18(15-9-5-2-6-10-15)26-23(17)32-24-22(30)21(29)20(28)19(13-27)31-24/h1-11,19-22,24,27-30H,13H2/t19-,20+,21+,22-,24+/m1/s1. The minimum absolute atomic E-state index is 0.304. The highest BCUT2D eigenvalue weighted by atomic mass is 32.2. The van der Waals surface area contributed by atoms with Crippen LogP contribution in [-0.4, -0.2) is 61.9 Å². The number of aliphatic hydroxyl groups excluding tert-OH is 4. The second-order valence-electron chi connectivity index (χ2n) is 7.39. The van der Waals surface area contributed by atoms with E-state index >= 15 is 0 Å². The fraction of sp³-hybridized carbons (Fsp3) is 0.250. The van der Waals surface area contributed by atoms with E-state index in [0.717, 1.165) is 22.9 Å². The number of nitrogens with zero attached hydrogens (tertiary/aromatic N) is 2. The van der Waals surface area contributed by atoms with Crippen molar-refractivity contribution in [2.45, 2.75) is 34.9 Å². The molecule has 0 saturated carbocycles. The maximum absolute atomic E-state index is 10.5. The van der Waals surface area contributed by atoms with Gasteiger partial charge < -0.3 is 25.2 Å². The SMILES string of the molecule is N#Cc1c(-c2ccccc2)cc(-c2ccccc2)nc1S[C@@H]1O[C@H](CO)[C@H](O)[C@H](O)[C@H]1O. The summed E-state index contributed by atoms with van der Waals surface area (Å²) in [6, 6.07) is 23.0. The van der Waals surface area contributed by atoms with Crippen LogP contribution in [0.25, 0.3) is 22.4 Å². The molecule has 2 aromatic carbocycles. The Morgan fingerprint density at radius 1 is 0.906 bits per heavy atom. The molecule has 0 radical (unpaired) electrons. The zero-order valence-electron chi connectivity index (χ0n) is 16.9. The van der Waals surface area contributed by atoms with Crippen molar-refractivity contribution in [1.29, 1.82) is 5.26 Å². The lowest BCUT2D eigenvalue weighted by Gasteiger charge is -2.39. The highest BCUT2D eigenvalue weighted by Gasteiger charge is 2.44. The van der Waals surface area contributed by atoms with Gasteiger partial charge in [0.05, 0.1) is 17.9 Å². The summed E-state index contributed by atoms with van der Waals surface area (Å²) in [6.07, 6.45) is -5.44. The van der Waals surface area contributed by atoms with Crippen molar-refractivity contribution in [3.8, 4) is 28.5 Å². The molecule has 1 aliphatic heterocycles. The van der Waals surface area contributed by atoms with Crippen molar-refractivity contribution >= 4 is 11.8 Å². The number of hydrogen-bond donors (Lipinski definition) is 4. The van der Waals surface area contributed by atoms with Crippen LogP contribution in [0.2, 0.25) is 0 Å². The van der Waals surface area contributed by atoms with Gasteiger partial charge in [-0.2, -0.15) is 5.26 Å². The minimum atomic E-state index is -1.50. The Kier molecular flexibility index (Phi) is 6.86. The Bertz CT molecular complexity index is 1100. The average molecular weight is 451 g/mol. The van der Waals surface area contributed by atoms with Gasteiger partial charge in [0.1, 0.15) is 40.9 Å². The summed E-state index contributed by atoms with van der Waals surface area (Å²) in [6.45, 7) is -0.528. The molecule has 5 atom stereocenters. The Morgan fingerprint density at radius 3 is 2.12 bits per heavy atom. The first-order chi connectivity index (χ1) is 15.5. The van der Waals surface area contributed by atoms with E-state index in [2.05, 4.69) is 11.1 Å². The second kappa shape index (κ2) is 9.79. The molecule has 0 aliphatic carbocycles. The maximum atomic E-state index is 10.5. The van der Waals surface area contributed by atoms with E-state index in [0.29, 0.717) is 21.8 Å². The van der Waals surface area contributed by atoms with Gasteiger partial charge in [-0.05, 0) is 11.6 Å². The van der Waals surface area contributed by atoms with Gasteiger partial charge in [-0.1, -0.05) is 72.4 Å². The third-order valence-corrected chi connectivity index (χ3v) is 6.47. The smallest absolute Gasteiger partial charge is 0.138 e. The Labute approximate surface area is 189 Å². The number of nitriles is 1. The van der Waals surface area contributed by atoms with Crippen LogP contribution in [0.15, 0.2) is 71.8 Å². The Morgan fingerprint density at radius 2 is 1.53 bits per heavy atom. The fourth-order valence-corrected chi connectivity index (χ4v) is 4.74. The summed E-state index contributed by atoms with van der Waals surface area (Å²) in [7, 11) is 0. The van der Waals surface area contributed by atoms with E-state index in [9.17, 15) is 25.7 Å². The van der Waals surface area contributed by atoms with E-state index in [1.165, 1.54) is 0 Å². The summed E-state index contributed by atoms with van der Waals surface area (Å²) in [4.78, 5) is 4.67. The molecule has 8 heteroatoms. The summed E-state index contributed by atoms with van der Waals surface area (Å²) >= 11 is 0.978. The van der Waals surface area contributed by atoms with E-state index in [4.69, 9.17) is 4.74 Å². The quantitative estimate of drug-likeness (QED) is 0.466. The van der Waals surface area contributed by atoms with Crippen LogP contribution in [0.1, 0.15) is 5.56 Å². The highest BCUT2D eigenvalue weighted by Crippen LogP contribution is 2.38. The molecule has 1 aromatic heterocycles. The summed E-state index contributed by atoms with van der Waals surface area (Å²) in [5.41, 5.74) is 2.26. The normalized spacial score (nSPS) is 25.3. The molecule has 0 spiro atoms. The molecule has 164 valence electrons. The van der Waals surface area contributed by atoms with Crippen LogP contribution in [-0.2, 0) is 4.74 Å². The second-order valence-corrected chi connectivity index (χ2v) is 8.48. The molecule has 4 N–H and O–H groups in total. The molecule has 0 unspecified atom stereocenters. The van der Waals surface area contributed by atoms with Crippen LogP contribution in [0, 0.1) is 11.3 Å². The summed E-state index contributed by atoms with van der Waals surface area (Å²) in [5, 5.41) is 50.4. The Hall–Kier alpha value is -2.77. The molecule has 7 nitrogen and oxygen atoms in total. The molecule has 2 heterocycles. The summed E-state index contributed by atoms with van der Waals surface area (Å²) < 4.78 is 5.63. The van der Waals surface area contributed by atoms with E-state index in [-0.39, 0.29) is 0 Å². The zero-order valence-corrected chi connectivity index (χ0v) is 17.8. The number of ether oxygens (including phenoxy) is 1. The molecule has 32 heavy (non-hydrogen) atoms. The zero-order chi connectivity index (χ0) is 22.7. The predicted molar refractivity (Wildman–Crippen MR) is 119 cm³/mol. The van der Waals surface area contributed by atoms with E-state index in [1.54, 1.807) is 0 Å². The molecular formula is C24H22N2O5S. The number of rotatable bonds is 5. The lowest BCUT2D eigenvalue weighted by atomic mass is 9.99. The molecule has 0 bridgehead atoms. The molecule has 0 amide bonds. The topological polar surface area (TPSA) is 127 Å². The van der Waals surface area contributed by atoms with E-state index in [1.807, 2.05) is 66.7 Å². The van der Waals surface area contributed by atoms with Crippen LogP contribution >= 0.6 is 11.8 Å². The maximum Gasteiger partial charge on any atom is 0.138 e. The Balaban J connectivity index is 1.81. The van der Waals surface area contributed by atoms with Crippen molar-refractivity contribution in [2.75, 3.05) is 6.61 Å². The average Bonchev–Trinajstić information content (AvgIpc) is 2.85. The lowest BCUT2D eigenvalue weighted by molar-refractivity contribution is -0.205. The first-order valence-electron chi connectivity index (χ1n) is 10.1. The van der Waals surface area contributed by atoms with Crippen molar-refractivity contribution in [3.63, 3.8) is 0 Å². The number of hydrogen-bond acceptors (Lipinski definition) is 8. The lowest BCUT2D eigenvalue weighted by Crippen LogP contribution is -2.57. The van der Waals surface area contributed by atoms with Gasteiger partial charge in [-0.25, -0.2) is 4.98 Å². The van der Waals surface area contributed by atoms with E-state index < -0.39 is 36.5 Å². The molecule has 1 saturated heterocycles. The third kappa shape index (κ3) is 4.40. The monoisotopic (exact) mass is 450 g/mol. The van der Waals surface area contributed by atoms with Crippen LogP contribution < -0.4 is 0 Å². The number of pyridine rings is 1.